The number of nitrogens with one attached hydrogen (secondary N) is 2. The van der Waals surface area contributed by atoms with Gasteiger partial charge in [0.2, 0.25) is 5.91 Å². The third kappa shape index (κ3) is 2.72. The summed E-state index contributed by atoms with van der Waals surface area (Å²) in [6.07, 6.45) is 4.17. The van der Waals surface area contributed by atoms with Crippen molar-refractivity contribution in [2.24, 2.45) is 0 Å². The standard InChI is InChI=1S/C16H23N3O/c1-17-13-8-10-19(11-9-13)15-7-6-12-4-2-3-5-14(12)18-16(15)20/h2-5,13,15,17H,6-11H2,1H3,(H,18,20). The molecular weight excluding hydrogens is 250 g/mol. The summed E-state index contributed by atoms with van der Waals surface area (Å²) in [7, 11) is 2.02. The molecule has 20 heavy (non-hydrogen) atoms. The summed E-state index contributed by atoms with van der Waals surface area (Å²) in [4.78, 5) is 14.8. The van der Waals surface area contributed by atoms with Crippen molar-refractivity contribution in [3.63, 3.8) is 0 Å². The Hall–Kier alpha value is -1.39. The molecule has 1 aromatic rings. The van der Waals surface area contributed by atoms with Crippen molar-refractivity contribution >= 4 is 11.6 Å². The van der Waals surface area contributed by atoms with Crippen LogP contribution >= 0.6 is 0 Å². The van der Waals surface area contributed by atoms with Crippen LogP contribution in [0.3, 0.4) is 0 Å². The van der Waals surface area contributed by atoms with Crippen LogP contribution in [0.1, 0.15) is 24.8 Å². The molecule has 4 nitrogen and oxygen atoms in total. The third-order valence-electron chi connectivity index (χ3n) is 4.64. The number of amides is 1. The van der Waals surface area contributed by atoms with Crippen molar-refractivity contribution in [2.45, 2.75) is 37.8 Å². The second-order valence-corrected chi connectivity index (χ2v) is 5.80. The molecule has 1 saturated heterocycles. The number of aryl methyl sites for hydroxylation is 1. The Morgan fingerprint density at radius 3 is 2.70 bits per heavy atom. The first-order valence-corrected chi connectivity index (χ1v) is 7.58. The first kappa shape index (κ1) is 13.6. The minimum Gasteiger partial charge on any atom is -0.324 e. The summed E-state index contributed by atoms with van der Waals surface area (Å²) < 4.78 is 0. The Labute approximate surface area is 120 Å². The van der Waals surface area contributed by atoms with E-state index in [-0.39, 0.29) is 11.9 Å². The Balaban J connectivity index is 1.69. The lowest BCUT2D eigenvalue weighted by atomic mass is 10.00. The molecule has 108 valence electrons. The highest BCUT2D eigenvalue weighted by molar-refractivity contribution is 5.96. The smallest absolute Gasteiger partial charge is 0.241 e. The number of hydrogen-bond acceptors (Lipinski definition) is 3. The van der Waals surface area contributed by atoms with E-state index in [1.165, 1.54) is 5.56 Å². The maximum absolute atomic E-state index is 12.5. The van der Waals surface area contributed by atoms with Gasteiger partial charge in [-0.2, -0.15) is 0 Å². The lowest BCUT2D eigenvalue weighted by Crippen LogP contribution is -2.50. The van der Waals surface area contributed by atoms with Gasteiger partial charge in [-0.3, -0.25) is 9.69 Å². The first-order valence-electron chi connectivity index (χ1n) is 7.58. The van der Waals surface area contributed by atoms with Crippen molar-refractivity contribution in [3.8, 4) is 0 Å². The Bertz CT molecular complexity index is 480. The fraction of sp³-hybridized carbons (Fsp3) is 0.562. The van der Waals surface area contributed by atoms with E-state index in [4.69, 9.17) is 0 Å². The zero-order valence-corrected chi connectivity index (χ0v) is 12.1. The number of benzene rings is 1. The average molecular weight is 273 g/mol. The molecule has 2 heterocycles. The van der Waals surface area contributed by atoms with Gasteiger partial charge >= 0.3 is 0 Å². The van der Waals surface area contributed by atoms with Crippen LogP contribution < -0.4 is 10.6 Å². The van der Waals surface area contributed by atoms with E-state index in [0.29, 0.717) is 6.04 Å². The highest BCUT2D eigenvalue weighted by Crippen LogP contribution is 2.25. The third-order valence-corrected chi connectivity index (χ3v) is 4.64. The highest BCUT2D eigenvalue weighted by Gasteiger charge is 2.31. The molecule has 0 aliphatic carbocycles. The monoisotopic (exact) mass is 273 g/mol. The molecule has 0 radical (unpaired) electrons. The fourth-order valence-corrected chi connectivity index (χ4v) is 3.35. The van der Waals surface area contributed by atoms with Crippen molar-refractivity contribution in [1.82, 2.24) is 10.2 Å². The van der Waals surface area contributed by atoms with Crippen LogP contribution in [-0.2, 0) is 11.2 Å². The molecule has 3 rings (SSSR count). The topological polar surface area (TPSA) is 44.4 Å². The molecule has 2 aliphatic rings. The normalized spacial score (nSPS) is 24.9. The Morgan fingerprint density at radius 2 is 1.95 bits per heavy atom. The van der Waals surface area contributed by atoms with Crippen LogP contribution in [-0.4, -0.2) is 43.0 Å². The van der Waals surface area contributed by atoms with E-state index in [1.54, 1.807) is 0 Å². The molecule has 2 N–H and O–H groups in total. The lowest BCUT2D eigenvalue weighted by molar-refractivity contribution is -0.121. The van der Waals surface area contributed by atoms with E-state index < -0.39 is 0 Å². The number of piperidine rings is 1. The second-order valence-electron chi connectivity index (χ2n) is 5.80. The van der Waals surface area contributed by atoms with E-state index >= 15 is 0 Å². The van der Waals surface area contributed by atoms with Crippen LogP contribution in [0.2, 0.25) is 0 Å². The number of rotatable bonds is 2. The number of fused-ring (bicyclic) bond motifs is 1. The second kappa shape index (κ2) is 5.94. The van der Waals surface area contributed by atoms with Crippen molar-refractivity contribution in [3.05, 3.63) is 29.8 Å². The van der Waals surface area contributed by atoms with E-state index in [0.717, 1.165) is 44.5 Å². The number of carbonyl (C=O) groups excluding carboxylic acids is 1. The van der Waals surface area contributed by atoms with E-state index in [9.17, 15) is 4.79 Å². The lowest BCUT2D eigenvalue weighted by Gasteiger charge is -2.36. The number of carbonyl (C=O) groups is 1. The molecule has 2 aliphatic heterocycles. The number of anilines is 1. The molecule has 0 aromatic heterocycles. The van der Waals surface area contributed by atoms with Crippen LogP contribution in [0.15, 0.2) is 24.3 Å². The van der Waals surface area contributed by atoms with Crippen LogP contribution in [0, 0.1) is 0 Å². The summed E-state index contributed by atoms with van der Waals surface area (Å²) in [6, 6.07) is 8.79. The van der Waals surface area contributed by atoms with Gasteiger partial charge in [0.25, 0.3) is 0 Å². The summed E-state index contributed by atoms with van der Waals surface area (Å²) in [5.74, 6) is 0.165. The first-order chi connectivity index (χ1) is 9.78. The summed E-state index contributed by atoms with van der Waals surface area (Å²) in [6.45, 7) is 2.03. The van der Waals surface area contributed by atoms with Crippen LogP contribution in [0.5, 0.6) is 0 Å². The van der Waals surface area contributed by atoms with Crippen molar-refractivity contribution in [2.75, 3.05) is 25.5 Å². The van der Waals surface area contributed by atoms with Gasteiger partial charge in [0.1, 0.15) is 0 Å². The van der Waals surface area contributed by atoms with Gasteiger partial charge in [-0.15, -0.1) is 0 Å². The largest absolute Gasteiger partial charge is 0.324 e. The van der Waals surface area contributed by atoms with Gasteiger partial charge in [0.05, 0.1) is 6.04 Å². The SMILES string of the molecule is CNC1CCN(C2CCc3ccccc3NC2=O)CC1. The molecule has 1 amide bonds. The van der Waals surface area contributed by atoms with E-state index in [1.807, 2.05) is 25.2 Å². The van der Waals surface area contributed by atoms with Crippen LogP contribution in [0.4, 0.5) is 5.69 Å². The molecule has 0 spiro atoms. The van der Waals surface area contributed by atoms with Crippen molar-refractivity contribution < 1.29 is 4.79 Å². The molecule has 1 fully saturated rings. The van der Waals surface area contributed by atoms with Gasteiger partial charge in [-0.1, -0.05) is 18.2 Å². The highest BCUT2D eigenvalue weighted by atomic mass is 16.2. The molecule has 1 atom stereocenters. The predicted molar refractivity (Wildman–Crippen MR) is 80.8 cm³/mol. The quantitative estimate of drug-likeness (QED) is 0.860. The molecule has 0 bridgehead atoms. The summed E-state index contributed by atoms with van der Waals surface area (Å²) in [5.41, 5.74) is 2.25. The van der Waals surface area contributed by atoms with Gasteiger partial charge in [-0.25, -0.2) is 0 Å². The average Bonchev–Trinajstić information content (AvgIpc) is 2.66. The minimum atomic E-state index is 0.0280. The number of para-hydroxylation sites is 1. The predicted octanol–water partition coefficient (Wildman–Crippen LogP) is 1.62. The maximum Gasteiger partial charge on any atom is 0.241 e. The molecular formula is C16H23N3O. The zero-order valence-electron chi connectivity index (χ0n) is 12.1. The molecule has 1 aromatic carbocycles. The van der Waals surface area contributed by atoms with Crippen molar-refractivity contribution in [1.29, 1.82) is 0 Å². The molecule has 1 unspecified atom stereocenters. The van der Waals surface area contributed by atoms with Crippen LogP contribution in [0.25, 0.3) is 0 Å². The van der Waals surface area contributed by atoms with Gasteiger partial charge < -0.3 is 10.6 Å². The number of nitrogens with zero attached hydrogens (tertiary/aromatic N) is 1. The fourth-order valence-electron chi connectivity index (χ4n) is 3.35. The zero-order chi connectivity index (χ0) is 13.9. The summed E-state index contributed by atoms with van der Waals surface area (Å²) in [5, 5.41) is 6.44. The van der Waals surface area contributed by atoms with Gasteiger partial charge in [-0.05, 0) is 44.4 Å². The number of likely N-dealkylation sites (tertiary alicyclic amines) is 1. The molecule has 4 heteroatoms. The van der Waals surface area contributed by atoms with Gasteiger partial charge in [0, 0.05) is 24.8 Å². The summed E-state index contributed by atoms with van der Waals surface area (Å²) >= 11 is 0. The van der Waals surface area contributed by atoms with E-state index in [2.05, 4.69) is 21.6 Å². The Kier molecular flexibility index (Phi) is 4.03. The minimum absolute atomic E-state index is 0.0280. The maximum atomic E-state index is 12.5. The number of hydrogen-bond donors (Lipinski definition) is 2. The van der Waals surface area contributed by atoms with Gasteiger partial charge in [0.15, 0.2) is 0 Å². The molecule has 0 saturated carbocycles. The Morgan fingerprint density at radius 1 is 1.20 bits per heavy atom.